The summed E-state index contributed by atoms with van der Waals surface area (Å²) in [4.78, 5) is 8.47. The molecule has 1 aromatic carbocycles. The van der Waals surface area contributed by atoms with Crippen LogP contribution in [0.25, 0.3) is 22.7 Å². The number of oxazole rings is 1. The number of nitrogen functional groups attached to an aromatic ring is 1. The van der Waals surface area contributed by atoms with E-state index in [4.69, 9.17) is 10.2 Å². The molecule has 2 aromatic heterocycles. The van der Waals surface area contributed by atoms with E-state index in [-0.39, 0.29) is 0 Å². The molecule has 0 fully saturated rings. The smallest absolute Gasteiger partial charge is 0.247 e. The second kappa shape index (κ2) is 3.59. The third-order valence-electron chi connectivity index (χ3n) is 2.53. The molecule has 0 spiro atoms. The van der Waals surface area contributed by atoms with Crippen molar-refractivity contribution in [2.75, 3.05) is 5.73 Å². The molecule has 3 rings (SSSR count). The molecule has 0 radical (unpaired) electrons. The minimum Gasteiger partial charge on any atom is -0.418 e. The molecule has 0 atom stereocenters. The maximum atomic E-state index is 5.65. The minimum atomic E-state index is 0.510. The Balaban J connectivity index is 2.18. The van der Waals surface area contributed by atoms with Gasteiger partial charge in [-0.15, -0.1) is 0 Å². The Morgan fingerprint density at radius 1 is 1.24 bits per heavy atom. The van der Waals surface area contributed by atoms with Crippen LogP contribution in [-0.4, -0.2) is 9.97 Å². The van der Waals surface area contributed by atoms with Gasteiger partial charge >= 0.3 is 0 Å². The average Bonchev–Trinajstić information content (AvgIpc) is 2.72. The average molecular weight is 225 g/mol. The Bertz CT molecular complexity index is 688. The largest absolute Gasteiger partial charge is 0.418 e. The quantitative estimate of drug-likeness (QED) is 0.691. The Morgan fingerprint density at radius 3 is 2.94 bits per heavy atom. The SMILES string of the molecule is Cc1cccc(-c2nc3cc(N)cnc3o2)c1. The fraction of sp³-hybridized carbons (Fsp3) is 0.0769. The van der Waals surface area contributed by atoms with Crippen LogP contribution in [-0.2, 0) is 0 Å². The molecule has 0 aliphatic rings. The highest BCUT2D eigenvalue weighted by molar-refractivity contribution is 5.75. The Kier molecular flexibility index (Phi) is 2.08. The molecule has 2 heterocycles. The van der Waals surface area contributed by atoms with E-state index in [1.165, 1.54) is 0 Å². The molecule has 0 aliphatic heterocycles. The van der Waals surface area contributed by atoms with Crippen molar-refractivity contribution < 1.29 is 4.42 Å². The molecule has 4 nitrogen and oxygen atoms in total. The van der Waals surface area contributed by atoms with Crippen molar-refractivity contribution in [2.45, 2.75) is 6.92 Å². The Labute approximate surface area is 98.1 Å². The van der Waals surface area contributed by atoms with E-state index in [0.29, 0.717) is 22.8 Å². The zero-order valence-corrected chi connectivity index (χ0v) is 9.34. The number of rotatable bonds is 1. The van der Waals surface area contributed by atoms with Crippen LogP contribution in [0.1, 0.15) is 5.56 Å². The number of nitrogens with two attached hydrogens (primary N) is 1. The molecule has 4 heteroatoms. The van der Waals surface area contributed by atoms with Gasteiger partial charge in [-0.1, -0.05) is 17.7 Å². The third-order valence-corrected chi connectivity index (χ3v) is 2.53. The molecule has 0 amide bonds. The number of hydrogen-bond acceptors (Lipinski definition) is 4. The van der Waals surface area contributed by atoms with Crippen LogP contribution in [0.15, 0.2) is 40.9 Å². The van der Waals surface area contributed by atoms with Crippen molar-refractivity contribution in [1.82, 2.24) is 9.97 Å². The highest BCUT2D eigenvalue weighted by Crippen LogP contribution is 2.24. The fourth-order valence-electron chi connectivity index (χ4n) is 1.74. The summed E-state index contributed by atoms with van der Waals surface area (Å²) in [6.45, 7) is 2.03. The number of aromatic nitrogens is 2. The summed E-state index contributed by atoms with van der Waals surface area (Å²) in [5.74, 6) is 0.571. The highest BCUT2D eigenvalue weighted by atomic mass is 16.4. The van der Waals surface area contributed by atoms with Crippen LogP contribution in [0.2, 0.25) is 0 Å². The van der Waals surface area contributed by atoms with E-state index in [1.54, 1.807) is 12.3 Å². The first kappa shape index (κ1) is 9.84. The lowest BCUT2D eigenvalue weighted by Gasteiger charge is -1.95. The van der Waals surface area contributed by atoms with Crippen LogP contribution in [0.5, 0.6) is 0 Å². The molecule has 84 valence electrons. The van der Waals surface area contributed by atoms with Crippen LogP contribution < -0.4 is 5.73 Å². The van der Waals surface area contributed by atoms with Gasteiger partial charge in [0, 0.05) is 5.56 Å². The molecular weight excluding hydrogens is 214 g/mol. The molecule has 0 saturated heterocycles. The van der Waals surface area contributed by atoms with Crippen molar-refractivity contribution >= 4 is 16.9 Å². The van der Waals surface area contributed by atoms with E-state index in [2.05, 4.69) is 9.97 Å². The molecular formula is C13H11N3O. The van der Waals surface area contributed by atoms with Crippen molar-refractivity contribution in [3.63, 3.8) is 0 Å². The van der Waals surface area contributed by atoms with Gasteiger partial charge in [0.2, 0.25) is 11.6 Å². The molecule has 2 N–H and O–H groups in total. The molecule has 0 unspecified atom stereocenters. The summed E-state index contributed by atoms with van der Waals surface area (Å²) < 4.78 is 5.59. The number of fused-ring (bicyclic) bond motifs is 1. The van der Waals surface area contributed by atoms with E-state index in [1.807, 2.05) is 31.2 Å². The topological polar surface area (TPSA) is 64.9 Å². The van der Waals surface area contributed by atoms with Crippen LogP contribution in [0, 0.1) is 6.92 Å². The zero-order chi connectivity index (χ0) is 11.8. The van der Waals surface area contributed by atoms with Gasteiger partial charge in [-0.2, -0.15) is 0 Å². The number of pyridine rings is 1. The third kappa shape index (κ3) is 1.73. The molecule has 3 aromatic rings. The predicted molar refractivity (Wildman–Crippen MR) is 66.4 cm³/mol. The number of nitrogens with zero attached hydrogens (tertiary/aromatic N) is 2. The van der Waals surface area contributed by atoms with Gasteiger partial charge in [0.1, 0.15) is 5.52 Å². The lowest BCUT2D eigenvalue weighted by atomic mass is 10.1. The number of aryl methyl sites for hydroxylation is 1. The first-order chi connectivity index (χ1) is 8.22. The van der Waals surface area contributed by atoms with Gasteiger partial charge in [-0.3, -0.25) is 0 Å². The van der Waals surface area contributed by atoms with Crippen molar-refractivity contribution in [1.29, 1.82) is 0 Å². The lowest BCUT2D eigenvalue weighted by Crippen LogP contribution is -1.85. The summed E-state index contributed by atoms with van der Waals surface area (Å²) in [7, 11) is 0. The van der Waals surface area contributed by atoms with Gasteiger partial charge in [0.25, 0.3) is 0 Å². The standard InChI is InChI=1S/C13H11N3O/c1-8-3-2-4-9(5-8)12-16-11-6-10(14)7-15-13(11)17-12/h2-7H,14H2,1H3. The van der Waals surface area contributed by atoms with Gasteiger partial charge in [0.15, 0.2) is 0 Å². The summed E-state index contributed by atoms with van der Waals surface area (Å²) in [5, 5.41) is 0. The highest BCUT2D eigenvalue weighted by Gasteiger charge is 2.09. The molecule has 0 bridgehead atoms. The second-order valence-corrected chi connectivity index (χ2v) is 3.98. The summed E-state index contributed by atoms with van der Waals surface area (Å²) in [5.41, 5.74) is 9.54. The van der Waals surface area contributed by atoms with E-state index in [9.17, 15) is 0 Å². The monoisotopic (exact) mass is 225 g/mol. The number of benzene rings is 1. The normalized spacial score (nSPS) is 10.9. The number of anilines is 1. The predicted octanol–water partition coefficient (Wildman–Crippen LogP) is 2.78. The van der Waals surface area contributed by atoms with Gasteiger partial charge in [0.05, 0.1) is 11.9 Å². The summed E-state index contributed by atoms with van der Waals surface area (Å²) in [6, 6.07) is 9.74. The van der Waals surface area contributed by atoms with Gasteiger partial charge in [-0.05, 0) is 25.1 Å². The summed E-state index contributed by atoms with van der Waals surface area (Å²) in [6.07, 6.45) is 1.56. The lowest BCUT2D eigenvalue weighted by molar-refractivity contribution is 0.608. The van der Waals surface area contributed by atoms with Crippen LogP contribution >= 0.6 is 0 Å². The second-order valence-electron chi connectivity index (χ2n) is 3.98. The van der Waals surface area contributed by atoms with Crippen molar-refractivity contribution in [3.05, 3.63) is 42.1 Å². The first-order valence-corrected chi connectivity index (χ1v) is 5.31. The van der Waals surface area contributed by atoms with Crippen LogP contribution in [0.3, 0.4) is 0 Å². The summed E-state index contributed by atoms with van der Waals surface area (Å²) >= 11 is 0. The Morgan fingerprint density at radius 2 is 2.12 bits per heavy atom. The minimum absolute atomic E-state index is 0.510. The maximum absolute atomic E-state index is 5.65. The van der Waals surface area contributed by atoms with E-state index >= 15 is 0 Å². The number of hydrogen-bond donors (Lipinski definition) is 1. The van der Waals surface area contributed by atoms with Gasteiger partial charge in [-0.25, -0.2) is 9.97 Å². The van der Waals surface area contributed by atoms with E-state index in [0.717, 1.165) is 11.1 Å². The zero-order valence-electron chi connectivity index (χ0n) is 9.34. The van der Waals surface area contributed by atoms with Gasteiger partial charge < -0.3 is 10.2 Å². The van der Waals surface area contributed by atoms with Crippen LogP contribution in [0.4, 0.5) is 5.69 Å². The van der Waals surface area contributed by atoms with E-state index < -0.39 is 0 Å². The molecule has 17 heavy (non-hydrogen) atoms. The first-order valence-electron chi connectivity index (χ1n) is 5.31. The fourth-order valence-corrected chi connectivity index (χ4v) is 1.74. The molecule has 0 saturated carbocycles. The molecule has 0 aliphatic carbocycles. The van der Waals surface area contributed by atoms with Crippen molar-refractivity contribution in [2.24, 2.45) is 0 Å². The Hall–Kier alpha value is -2.36. The maximum Gasteiger partial charge on any atom is 0.247 e. The van der Waals surface area contributed by atoms with Crippen molar-refractivity contribution in [3.8, 4) is 11.5 Å².